The number of carboxylic acids is 1. The Balaban J connectivity index is 1.81. The fourth-order valence-corrected chi connectivity index (χ4v) is 2.16. The predicted molar refractivity (Wildman–Crippen MR) is 81.8 cm³/mol. The summed E-state index contributed by atoms with van der Waals surface area (Å²) < 4.78 is 5.75. The number of ether oxygens (including phenoxy) is 1. The Kier molecular flexibility index (Phi) is 3.87. The molecule has 1 heterocycles. The lowest BCUT2D eigenvalue weighted by Gasteiger charge is -2.08. The molecule has 5 nitrogen and oxygen atoms in total. The average molecular weight is 294 g/mol. The maximum Gasteiger partial charge on any atom is 0.354 e. The molecular formula is C17H14N2O3. The molecular weight excluding hydrogens is 280 g/mol. The molecule has 0 aliphatic carbocycles. The summed E-state index contributed by atoms with van der Waals surface area (Å²) in [6.07, 6.45) is 1.50. The van der Waals surface area contributed by atoms with Crippen LogP contribution in [0.5, 0.6) is 5.75 Å². The third-order valence-corrected chi connectivity index (χ3v) is 3.25. The van der Waals surface area contributed by atoms with Crippen LogP contribution in [0.3, 0.4) is 0 Å². The van der Waals surface area contributed by atoms with E-state index in [1.807, 2.05) is 48.5 Å². The molecule has 3 aromatic rings. The normalized spacial score (nSPS) is 10.4. The highest BCUT2D eigenvalue weighted by Crippen LogP contribution is 2.26. The first-order chi connectivity index (χ1) is 10.7. The molecule has 0 atom stereocenters. The van der Waals surface area contributed by atoms with Crippen LogP contribution in [0.4, 0.5) is 0 Å². The van der Waals surface area contributed by atoms with Gasteiger partial charge < -0.3 is 9.84 Å². The summed E-state index contributed by atoms with van der Waals surface area (Å²) in [5.74, 6) is -0.359. The predicted octanol–water partition coefficient (Wildman–Crippen LogP) is 3.35. The molecule has 0 aliphatic rings. The molecule has 2 aromatic carbocycles. The fourth-order valence-electron chi connectivity index (χ4n) is 2.16. The zero-order chi connectivity index (χ0) is 15.4. The molecule has 2 N–H and O–H groups in total. The Hall–Kier alpha value is -3.08. The number of rotatable bonds is 5. The van der Waals surface area contributed by atoms with Crippen LogP contribution < -0.4 is 4.74 Å². The van der Waals surface area contributed by atoms with Crippen molar-refractivity contribution in [2.24, 2.45) is 0 Å². The maximum atomic E-state index is 11.1. The fraction of sp³-hybridized carbons (Fsp3) is 0.0588. The molecule has 0 radical (unpaired) electrons. The van der Waals surface area contributed by atoms with E-state index in [9.17, 15) is 4.79 Å². The molecule has 3 rings (SSSR count). The first kappa shape index (κ1) is 13.9. The SMILES string of the molecule is O=C(O)c1[nH]ncc1-c1cccc(OCc2ccccc2)c1. The van der Waals surface area contributed by atoms with Gasteiger partial charge in [0.15, 0.2) is 5.69 Å². The number of carbonyl (C=O) groups is 1. The van der Waals surface area contributed by atoms with Crippen molar-refractivity contribution in [3.8, 4) is 16.9 Å². The molecule has 0 amide bonds. The van der Waals surface area contributed by atoms with Crippen LogP contribution in [0.2, 0.25) is 0 Å². The first-order valence-electron chi connectivity index (χ1n) is 6.78. The van der Waals surface area contributed by atoms with Crippen molar-refractivity contribution in [2.75, 3.05) is 0 Å². The lowest BCUT2D eigenvalue weighted by molar-refractivity contribution is 0.0691. The number of H-pyrrole nitrogens is 1. The van der Waals surface area contributed by atoms with Gasteiger partial charge >= 0.3 is 5.97 Å². The Morgan fingerprint density at radius 3 is 2.73 bits per heavy atom. The van der Waals surface area contributed by atoms with Gasteiger partial charge in [0.05, 0.1) is 6.20 Å². The standard InChI is InChI=1S/C17H14N2O3/c20-17(21)16-15(10-18-19-16)13-7-4-8-14(9-13)22-11-12-5-2-1-3-6-12/h1-10H,11H2,(H,18,19)(H,20,21). The summed E-state index contributed by atoms with van der Waals surface area (Å²) in [4.78, 5) is 11.1. The number of hydrogen-bond acceptors (Lipinski definition) is 3. The van der Waals surface area contributed by atoms with Gasteiger partial charge in [0.1, 0.15) is 12.4 Å². The molecule has 0 bridgehead atoms. The molecule has 1 aromatic heterocycles. The van der Waals surface area contributed by atoms with Gasteiger partial charge in [-0.15, -0.1) is 0 Å². The van der Waals surface area contributed by atoms with Crippen LogP contribution in [0.25, 0.3) is 11.1 Å². The van der Waals surface area contributed by atoms with Crippen LogP contribution >= 0.6 is 0 Å². The highest BCUT2D eigenvalue weighted by molar-refractivity contribution is 5.93. The van der Waals surface area contributed by atoms with Gasteiger partial charge in [-0.25, -0.2) is 4.79 Å². The van der Waals surface area contributed by atoms with E-state index in [2.05, 4.69) is 10.2 Å². The monoisotopic (exact) mass is 294 g/mol. The van der Waals surface area contributed by atoms with Crippen molar-refractivity contribution < 1.29 is 14.6 Å². The van der Waals surface area contributed by atoms with E-state index in [1.54, 1.807) is 6.07 Å². The lowest BCUT2D eigenvalue weighted by atomic mass is 10.1. The molecule has 110 valence electrons. The van der Waals surface area contributed by atoms with E-state index in [1.165, 1.54) is 6.20 Å². The zero-order valence-electron chi connectivity index (χ0n) is 11.7. The lowest BCUT2D eigenvalue weighted by Crippen LogP contribution is -1.99. The largest absolute Gasteiger partial charge is 0.489 e. The molecule has 0 aliphatic heterocycles. The summed E-state index contributed by atoms with van der Waals surface area (Å²) >= 11 is 0. The van der Waals surface area contributed by atoms with Gasteiger partial charge in [0.2, 0.25) is 0 Å². The number of hydrogen-bond donors (Lipinski definition) is 2. The molecule has 0 fully saturated rings. The number of aromatic amines is 1. The van der Waals surface area contributed by atoms with Gasteiger partial charge in [-0.1, -0.05) is 42.5 Å². The highest BCUT2D eigenvalue weighted by Gasteiger charge is 2.14. The van der Waals surface area contributed by atoms with Crippen LogP contribution in [-0.2, 0) is 6.61 Å². The number of nitrogens with zero attached hydrogens (tertiary/aromatic N) is 1. The summed E-state index contributed by atoms with van der Waals surface area (Å²) in [5, 5.41) is 15.4. The van der Waals surface area contributed by atoms with E-state index >= 15 is 0 Å². The van der Waals surface area contributed by atoms with Crippen molar-refractivity contribution in [2.45, 2.75) is 6.61 Å². The average Bonchev–Trinajstić information content (AvgIpc) is 3.04. The Bertz CT molecular complexity index is 781. The van der Waals surface area contributed by atoms with Crippen LogP contribution in [0.1, 0.15) is 16.1 Å². The third kappa shape index (κ3) is 2.98. The molecule has 0 spiro atoms. The van der Waals surface area contributed by atoms with Gasteiger partial charge in [-0.3, -0.25) is 5.10 Å². The smallest absolute Gasteiger partial charge is 0.354 e. The summed E-state index contributed by atoms with van der Waals surface area (Å²) in [7, 11) is 0. The topological polar surface area (TPSA) is 75.2 Å². The van der Waals surface area contributed by atoms with E-state index in [4.69, 9.17) is 9.84 Å². The number of aromatic carboxylic acids is 1. The molecule has 5 heteroatoms. The van der Waals surface area contributed by atoms with Gasteiger partial charge in [-0.05, 0) is 23.3 Å². The molecule has 0 saturated heterocycles. The van der Waals surface area contributed by atoms with Gasteiger partial charge in [0, 0.05) is 5.56 Å². The Labute approximate surface area is 127 Å². The molecule has 0 unspecified atom stereocenters. The number of carboxylic acid groups (broad SMARTS) is 1. The summed E-state index contributed by atoms with van der Waals surface area (Å²) in [6.45, 7) is 0.460. The van der Waals surface area contributed by atoms with Crippen molar-refractivity contribution in [1.29, 1.82) is 0 Å². The number of benzene rings is 2. The van der Waals surface area contributed by atoms with E-state index in [0.29, 0.717) is 17.9 Å². The quantitative estimate of drug-likeness (QED) is 0.756. The highest BCUT2D eigenvalue weighted by atomic mass is 16.5. The number of nitrogens with one attached hydrogen (secondary N) is 1. The van der Waals surface area contributed by atoms with Crippen molar-refractivity contribution in [3.05, 3.63) is 72.1 Å². The van der Waals surface area contributed by atoms with Crippen LogP contribution in [-0.4, -0.2) is 21.3 Å². The van der Waals surface area contributed by atoms with Crippen molar-refractivity contribution in [3.63, 3.8) is 0 Å². The van der Waals surface area contributed by atoms with Crippen LogP contribution in [0, 0.1) is 0 Å². The molecule has 0 saturated carbocycles. The Morgan fingerprint density at radius 1 is 1.14 bits per heavy atom. The van der Waals surface area contributed by atoms with Crippen LogP contribution in [0.15, 0.2) is 60.8 Å². The second-order valence-electron chi connectivity index (χ2n) is 4.77. The second-order valence-corrected chi connectivity index (χ2v) is 4.77. The van der Waals surface area contributed by atoms with Gasteiger partial charge in [-0.2, -0.15) is 5.10 Å². The van der Waals surface area contributed by atoms with Crippen molar-refractivity contribution in [1.82, 2.24) is 10.2 Å². The van der Waals surface area contributed by atoms with Crippen molar-refractivity contribution >= 4 is 5.97 Å². The Morgan fingerprint density at radius 2 is 1.95 bits per heavy atom. The molecule has 22 heavy (non-hydrogen) atoms. The van der Waals surface area contributed by atoms with E-state index < -0.39 is 5.97 Å². The second kappa shape index (κ2) is 6.13. The van der Waals surface area contributed by atoms with E-state index in [-0.39, 0.29) is 5.69 Å². The summed E-state index contributed by atoms with van der Waals surface area (Å²) in [6, 6.07) is 17.1. The third-order valence-electron chi connectivity index (χ3n) is 3.25. The zero-order valence-corrected chi connectivity index (χ0v) is 11.7. The van der Waals surface area contributed by atoms with Gasteiger partial charge in [0.25, 0.3) is 0 Å². The van der Waals surface area contributed by atoms with E-state index in [0.717, 1.165) is 11.1 Å². The minimum atomic E-state index is -1.04. The minimum absolute atomic E-state index is 0.0696. The first-order valence-corrected chi connectivity index (χ1v) is 6.78. The minimum Gasteiger partial charge on any atom is -0.489 e. The summed E-state index contributed by atoms with van der Waals surface area (Å²) in [5.41, 5.74) is 2.43. The number of aromatic nitrogens is 2. The maximum absolute atomic E-state index is 11.1.